The van der Waals surface area contributed by atoms with Gasteiger partial charge in [0.05, 0.1) is 0 Å². The lowest BCUT2D eigenvalue weighted by Crippen LogP contribution is -2.41. The minimum Gasteiger partial charge on any atom is -0.326 e. The summed E-state index contributed by atoms with van der Waals surface area (Å²) in [5.41, 5.74) is 2.34. The molecule has 2 amide bonds. The van der Waals surface area contributed by atoms with Crippen molar-refractivity contribution in [1.82, 2.24) is 4.90 Å². The quantitative estimate of drug-likeness (QED) is 0.801. The Morgan fingerprint density at radius 2 is 1.67 bits per heavy atom. The Labute approximate surface area is 158 Å². The van der Waals surface area contributed by atoms with Crippen molar-refractivity contribution in [3.8, 4) is 0 Å². The molecule has 2 fully saturated rings. The predicted octanol–water partition coefficient (Wildman–Crippen LogP) is 3.41. The van der Waals surface area contributed by atoms with E-state index in [1.54, 1.807) is 29.2 Å². The summed E-state index contributed by atoms with van der Waals surface area (Å²) in [6.07, 6.45) is 2.87. The third-order valence-corrected chi connectivity index (χ3v) is 5.21. The van der Waals surface area contributed by atoms with E-state index in [0.717, 1.165) is 18.4 Å². The lowest BCUT2D eigenvalue weighted by Gasteiger charge is -2.24. The van der Waals surface area contributed by atoms with Crippen LogP contribution < -0.4 is 5.32 Å². The number of amides is 2. The van der Waals surface area contributed by atoms with Crippen molar-refractivity contribution in [1.29, 1.82) is 0 Å². The summed E-state index contributed by atoms with van der Waals surface area (Å²) < 4.78 is 0. The Morgan fingerprint density at radius 1 is 0.963 bits per heavy atom. The molecule has 5 nitrogen and oxygen atoms in total. The van der Waals surface area contributed by atoms with Crippen molar-refractivity contribution in [2.24, 2.45) is 5.92 Å². The molecule has 1 saturated heterocycles. The molecule has 1 heterocycles. The van der Waals surface area contributed by atoms with Crippen LogP contribution >= 0.6 is 0 Å². The van der Waals surface area contributed by atoms with Crippen molar-refractivity contribution >= 4 is 23.3 Å². The number of carbonyl (C=O) groups is 3. The van der Waals surface area contributed by atoms with E-state index in [0.29, 0.717) is 30.6 Å². The number of hydrogen-bond donors (Lipinski definition) is 1. The van der Waals surface area contributed by atoms with Gasteiger partial charge in [0.2, 0.25) is 11.8 Å². The van der Waals surface area contributed by atoms with Crippen molar-refractivity contribution in [2.45, 2.75) is 38.3 Å². The fraction of sp³-hybridized carbons (Fsp3) is 0.318. The number of Topliss-reactive ketones (excluding diaryl/α,β-unsaturated/α-hetero) is 1. The molecule has 1 N–H and O–H groups in total. The molecule has 2 aromatic rings. The van der Waals surface area contributed by atoms with Crippen molar-refractivity contribution in [3.63, 3.8) is 0 Å². The lowest BCUT2D eigenvalue weighted by atomic mass is 10.1. The smallest absolute Gasteiger partial charge is 0.247 e. The van der Waals surface area contributed by atoms with Gasteiger partial charge in [-0.05, 0) is 49.1 Å². The Morgan fingerprint density at radius 3 is 2.33 bits per heavy atom. The van der Waals surface area contributed by atoms with Gasteiger partial charge in [0.1, 0.15) is 6.04 Å². The first-order chi connectivity index (χ1) is 13.1. The number of carbonyl (C=O) groups excluding carboxylic acids is 3. The SMILES string of the molecule is O=C(c1ccc(NC(=O)C2CCC(=O)N2Cc2ccccc2)cc1)C1CC1. The highest BCUT2D eigenvalue weighted by atomic mass is 16.2. The van der Waals surface area contributed by atoms with E-state index >= 15 is 0 Å². The summed E-state index contributed by atoms with van der Waals surface area (Å²) >= 11 is 0. The van der Waals surface area contributed by atoms with Crippen LogP contribution in [0.5, 0.6) is 0 Å². The molecular formula is C22H22N2O3. The highest BCUT2D eigenvalue weighted by Crippen LogP contribution is 2.32. The molecule has 4 rings (SSSR count). The van der Waals surface area contributed by atoms with Gasteiger partial charge in [0.15, 0.2) is 5.78 Å². The molecule has 1 aliphatic carbocycles. The summed E-state index contributed by atoms with van der Waals surface area (Å²) in [5, 5.41) is 2.89. The third kappa shape index (κ3) is 3.92. The van der Waals surface area contributed by atoms with Gasteiger partial charge >= 0.3 is 0 Å². The van der Waals surface area contributed by atoms with E-state index < -0.39 is 6.04 Å². The highest BCUT2D eigenvalue weighted by molar-refractivity contribution is 6.01. The van der Waals surface area contributed by atoms with Gasteiger partial charge in [-0.15, -0.1) is 0 Å². The predicted molar refractivity (Wildman–Crippen MR) is 102 cm³/mol. The first-order valence-electron chi connectivity index (χ1n) is 9.40. The molecule has 2 aliphatic rings. The molecule has 1 atom stereocenters. The number of likely N-dealkylation sites (tertiary alicyclic amines) is 1. The standard InChI is InChI=1S/C22H22N2O3/c25-20-13-12-19(24(20)14-15-4-2-1-3-5-15)22(27)23-18-10-8-17(9-11-18)21(26)16-6-7-16/h1-5,8-11,16,19H,6-7,12-14H2,(H,23,27). The Hall–Kier alpha value is -2.95. The van der Waals surface area contributed by atoms with Crippen LogP contribution in [0.4, 0.5) is 5.69 Å². The van der Waals surface area contributed by atoms with Gasteiger partial charge in [-0.1, -0.05) is 30.3 Å². The Balaban J connectivity index is 1.42. The maximum Gasteiger partial charge on any atom is 0.247 e. The molecule has 1 saturated carbocycles. The zero-order chi connectivity index (χ0) is 18.8. The second kappa shape index (κ2) is 7.35. The monoisotopic (exact) mass is 362 g/mol. The number of anilines is 1. The minimum atomic E-state index is -0.467. The number of hydrogen-bond acceptors (Lipinski definition) is 3. The number of ketones is 1. The molecule has 5 heteroatoms. The second-order valence-electron chi connectivity index (χ2n) is 7.27. The number of nitrogens with one attached hydrogen (secondary N) is 1. The average molecular weight is 362 g/mol. The maximum absolute atomic E-state index is 12.7. The molecule has 138 valence electrons. The zero-order valence-corrected chi connectivity index (χ0v) is 15.1. The van der Waals surface area contributed by atoms with Gasteiger partial charge in [-0.2, -0.15) is 0 Å². The number of benzene rings is 2. The van der Waals surface area contributed by atoms with Crippen LogP contribution in [0.25, 0.3) is 0 Å². The van der Waals surface area contributed by atoms with Crippen molar-refractivity contribution in [2.75, 3.05) is 5.32 Å². The molecule has 0 radical (unpaired) electrons. The third-order valence-electron chi connectivity index (χ3n) is 5.21. The van der Waals surface area contributed by atoms with Crippen LogP contribution in [-0.2, 0) is 16.1 Å². The molecular weight excluding hydrogens is 340 g/mol. The van der Waals surface area contributed by atoms with Crippen LogP contribution in [0.1, 0.15) is 41.6 Å². The fourth-order valence-corrected chi connectivity index (χ4v) is 3.51. The fourth-order valence-electron chi connectivity index (χ4n) is 3.51. The van der Waals surface area contributed by atoms with Crippen LogP contribution in [0.2, 0.25) is 0 Å². The van der Waals surface area contributed by atoms with Crippen LogP contribution in [0.3, 0.4) is 0 Å². The summed E-state index contributed by atoms with van der Waals surface area (Å²) in [7, 11) is 0. The normalized spacial score (nSPS) is 19.2. The minimum absolute atomic E-state index is 0.00406. The molecule has 0 bridgehead atoms. The number of nitrogens with zero attached hydrogens (tertiary/aromatic N) is 1. The van der Waals surface area contributed by atoms with Crippen LogP contribution in [0.15, 0.2) is 54.6 Å². The van der Waals surface area contributed by atoms with E-state index in [-0.39, 0.29) is 23.5 Å². The summed E-state index contributed by atoms with van der Waals surface area (Å²) in [4.78, 5) is 38.7. The van der Waals surface area contributed by atoms with Crippen LogP contribution in [0, 0.1) is 5.92 Å². The zero-order valence-electron chi connectivity index (χ0n) is 15.1. The van der Waals surface area contributed by atoms with E-state index in [9.17, 15) is 14.4 Å². The Kier molecular flexibility index (Phi) is 4.75. The van der Waals surface area contributed by atoms with Crippen molar-refractivity contribution < 1.29 is 14.4 Å². The maximum atomic E-state index is 12.7. The van der Waals surface area contributed by atoms with Gasteiger partial charge < -0.3 is 10.2 Å². The molecule has 27 heavy (non-hydrogen) atoms. The first-order valence-corrected chi connectivity index (χ1v) is 9.40. The van der Waals surface area contributed by atoms with Crippen LogP contribution in [-0.4, -0.2) is 28.5 Å². The molecule has 1 aliphatic heterocycles. The number of rotatable bonds is 6. The molecule has 1 unspecified atom stereocenters. The summed E-state index contributed by atoms with van der Waals surface area (Å²) in [6, 6.07) is 16.3. The Bertz CT molecular complexity index is 857. The van der Waals surface area contributed by atoms with Crippen molar-refractivity contribution in [3.05, 3.63) is 65.7 Å². The average Bonchev–Trinajstić information content (AvgIpc) is 3.47. The first kappa shape index (κ1) is 17.5. The van der Waals surface area contributed by atoms with Gasteiger partial charge in [-0.25, -0.2) is 0 Å². The van der Waals surface area contributed by atoms with E-state index in [1.807, 2.05) is 30.3 Å². The molecule has 0 aromatic heterocycles. The summed E-state index contributed by atoms with van der Waals surface area (Å²) in [6.45, 7) is 0.437. The van der Waals surface area contributed by atoms with E-state index in [1.165, 1.54) is 0 Å². The highest BCUT2D eigenvalue weighted by Gasteiger charge is 2.36. The van der Waals surface area contributed by atoms with Gasteiger partial charge in [0, 0.05) is 30.1 Å². The van der Waals surface area contributed by atoms with Gasteiger partial charge in [-0.3, -0.25) is 14.4 Å². The lowest BCUT2D eigenvalue weighted by molar-refractivity contribution is -0.133. The molecule has 2 aromatic carbocycles. The molecule has 0 spiro atoms. The van der Waals surface area contributed by atoms with E-state index in [2.05, 4.69) is 5.32 Å². The summed E-state index contributed by atoms with van der Waals surface area (Å²) in [5.74, 6) is 0.187. The van der Waals surface area contributed by atoms with Gasteiger partial charge in [0.25, 0.3) is 0 Å². The van der Waals surface area contributed by atoms with E-state index in [4.69, 9.17) is 0 Å². The topological polar surface area (TPSA) is 66.5 Å². The second-order valence-corrected chi connectivity index (χ2v) is 7.27. The largest absolute Gasteiger partial charge is 0.326 e.